The average molecular weight is 499 g/mol. The Morgan fingerprint density at radius 3 is 2.70 bits per heavy atom. The number of aliphatic hydroxyl groups is 1. The van der Waals surface area contributed by atoms with E-state index < -0.39 is 5.60 Å². The Hall–Kier alpha value is -4.02. The van der Waals surface area contributed by atoms with Crippen LogP contribution in [0.2, 0.25) is 0 Å². The molecule has 0 spiro atoms. The van der Waals surface area contributed by atoms with E-state index in [0.717, 1.165) is 18.8 Å². The van der Waals surface area contributed by atoms with Crippen LogP contribution in [0.15, 0.2) is 66.1 Å². The van der Waals surface area contributed by atoms with Crippen LogP contribution in [0.5, 0.6) is 0 Å². The first-order valence-electron chi connectivity index (χ1n) is 12.5. The quantitative estimate of drug-likeness (QED) is 0.334. The van der Waals surface area contributed by atoms with Gasteiger partial charge in [-0.1, -0.05) is 12.1 Å². The molecular weight excluding hydrogens is 468 g/mol. The maximum Gasteiger partial charge on any atom is 0.278 e. The van der Waals surface area contributed by atoms with Crippen molar-refractivity contribution >= 4 is 28.4 Å². The van der Waals surface area contributed by atoms with Crippen molar-refractivity contribution in [2.24, 2.45) is 0 Å². The predicted molar refractivity (Wildman–Crippen MR) is 144 cm³/mol. The summed E-state index contributed by atoms with van der Waals surface area (Å²) in [6.45, 7) is 9.48. The number of aromatic nitrogens is 5. The highest BCUT2D eigenvalue weighted by Crippen LogP contribution is 2.30. The molecule has 0 saturated carbocycles. The van der Waals surface area contributed by atoms with Crippen LogP contribution in [0.25, 0.3) is 16.9 Å². The van der Waals surface area contributed by atoms with Crippen LogP contribution in [-0.4, -0.2) is 54.6 Å². The smallest absolute Gasteiger partial charge is 0.278 e. The van der Waals surface area contributed by atoms with Gasteiger partial charge in [0.15, 0.2) is 11.5 Å². The van der Waals surface area contributed by atoms with E-state index >= 15 is 0 Å². The minimum atomic E-state index is -1.14. The number of allylic oxidation sites excluding steroid dienone is 1. The van der Waals surface area contributed by atoms with Crippen molar-refractivity contribution in [2.75, 3.05) is 23.3 Å². The predicted octanol–water partition coefficient (Wildman–Crippen LogP) is 2.68. The number of nitrogens with zero attached hydrogens (tertiary/aromatic N) is 6. The van der Waals surface area contributed by atoms with Crippen LogP contribution in [0.3, 0.4) is 0 Å². The maximum atomic E-state index is 13.2. The van der Waals surface area contributed by atoms with Crippen molar-refractivity contribution in [3.63, 3.8) is 0 Å². The third kappa shape index (κ3) is 4.17. The fraction of sp³-hybridized carbons (Fsp3) is 0.333. The molecule has 0 radical (unpaired) electrons. The number of nitrogens with one attached hydrogen (secondary N) is 2. The Bertz CT molecular complexity index is 1530. The highest BCUT2D eigenvalue weighted by Gasteiger charge is 2.37. The van der Waals surface area contributed by atoms with Crippen molar-refractivity contribution in [1.29, 1.82) is 0 Å². The van der Waals surface area contributed by atoms with E-state index in [1.165, 1.54) is 23.0 Å². The van der Waals surface area contributed by atoms with Crippen LogP contribution in [-0.2, 0) is 12.1 Å². The van der Waals surface area contributed by atoms with Crippen molar-refractivity contribution < 1.29 is 5.11 Å². The summed E-state index contributed by atoms with van der Waals surface area (Å²) < 4.78 is 3.17. The molecule has 10 heteroatoms. The number of fused-ring (bicyclic) bond motifs is 3. The van der Waals surface area contributed by atoms with Gasteiger partial charge in [0.1, 0.15) is 11.0 Å². The topological polar surface area (TPSA) is 113 Å². The molecule has 2 aliphatic heterocycles. The number of hydrogen-bond acceptors (Lipinski definition) is 8. The van der Waals surface area contributed by atoms with Gasteiger partial charge in [0.2, 0.25) is 5.95 Å². The Labute approximate surface area is 214 Å². The molecule has 3 aromatic heterocycles. The molecule has 190 valence electrons. The number of anilines is 3. The largest absolute Gasteiger partial charge is 0.384 e. The van der Waals surface area contributed by atoms with E-state index in [1.54, 1.807) is 42.8 Å². The van der Waals surface area contributed by atoms with Gasteiger partial charge in [-0.2, -0.15) is 4.98 Å². The van der Waals surface area contributed by atoms with Crippen molar-refractivity contribution in [2.45, 2.75) is 44.5 Å². The minimum absolute atomic E-state index is 0.240. The molecule has 2 bridgehead atoms. The molecule has 5 heterocycles. The van der Waals surface area contributed by atoms with Crippen LogP contribution in [0.1, 0.15) is 26.0 Å². The van der Waals surface area contributed by atoms with E-state index in [-0.39, 0.29) is 12.1 Å². The second-order valence-electron chi connectivity index (χ2n) is 10.2. The van der Waals surface area contributed by atoms with Crippen LogP contribution in [0, 0.1) is 0 Å². The molecule has 0 amide bonds. The molecule has 2 saturated heterocycles. The Balaban J connectivity index is 1.36. The van der Waals surface area contributed by atoms with E-state index in [0.29, 0.717) is 40.6 Å². The maximum absolute atomic E-state index is 13.2. The van der Waals surface area contributed by atoms with Gasteiger partial charge in [-0.3, -0.25) is 4.79 Å². The van der Waals surface area contributed by atoms with Crippen molar-refractivity contribution in [1.82, 2.24) is 29.6 Å². The third-order valence-electron chi connectivity index (χ3n) is 7.07. The molecule has 2 fully saturated rings. The molecule has 6 rings (SSSR count). The Morgan fingerprint density at radius 1 is 1.22 bits per heavy atom. The lowest BCUT2D eigenvalue weighted by Gasteiger charge is -2.29. The second kappa shape index (κ2) is 8.82. The van der Waals surface area contributed by atoms with Gasteiger partial charge in [-0.25, -0.2) is 19.3 Å². The fourth-order valence-corrected chi connectivity index (χ4v) is 5.23. The number of benzene rings is 1. The third-order valence-corrected chi connectivity index (χ3v) is 7.07. The summed E-state index contributed by atoms with van der Waals surface area (Å²) in [5.41, 5.74) is 1.59. The lowest BCUT2D eigenvalue weighted by Crippen LogP contribution is -2.43. The average Bonchev–Trinajstić information content (AvgIpc) is 3.59. The summed E-state index contributed by atoms with van der Waals surface area (Å²) in [5, 5.41) is 17.7. The van der Waals surface area contributed by atoms with Crippen molar-refractivity contribution in [3.8, 4) is 5.82 Å². The molecule has 4 aromatic rings. The van der Waals surface area contributed by atoms with Gasteiger partial charge in [0.25, 0.3) is 5.56 Å². The van der Waals surface area contributed by atoms with E-state index in [1.807, 2.05) is 12.1 Å². The zero-order valence-corrected chi connectivity index (χ0v) is 20.9. The van der Waals surface area contributed by atoms with Gasteiger partial charge in [-0.05, 0) is 56.7 Å². The van der Waals surface area contributed by atoms with E-state index in [2.05, 4.69) is 44.2 Å². The highest BCUT2D eigenvalue weighted by atomic mass is 16.3. The number of pyridine rings is 1. The first-order valence-corrected chi connectivity index (χ1v) is 12.5. The lowest BCUT2D eigenvalue weighted by atomic mass is 10.1. The molecule has 2 aliphatic rings. The number of hydrogen-bond donors (Lipinski definition) is 3. The fourth-order valence-electron chi connectivity index (χ4n) is 5.23. The van der Waals surface area contributed by atoms with E-state index in [9.17, 15) is 9.90 Å². The summed E-state index contributed by atoms with van der Waals surface area (Å²) in [7, 11) is 0. The standard InChI is InChI=1S/C27H30N8O2/c1-4-12-34-25(36)21-15-29-26(32-24(21)35(34)23-7-5-6-22(31-23)27(2,3)37)30-17-8-10-19(11-9-17)33-16-18-13-20(33)14-28-18/h4-11,15,18,20,28,37H,1,12-14,16H2,2-3H3,(H,29,30,32)/t18-,20-/m0/s1. The molecule has 1 aromatic carbocycles. The summed E-state index contributed by atoms with van der Waals surface area (Å²) in [5.74, 6) is 0.838. The highest BCUT2D eigenvalue weighted by molar-refractivity contribution is 5.77. The van der Waals surface area contributed by atoms with Gasteiger partial charge in [0, 0.05) is 42.7 Å². The number of rotatable bonds is 7. The van der Waals surface area contributed by atoms with Gasteiger partial charge in [-0.15, -0.1) is 6.58 Å². The zero-order valence-electron chi connectivity index (χ0n) is 20.9. The van der Waals surface area contributed by atoms with Crippen LogP contribution < -0.4 is 21.1 Å². The molecule has 0 unspecified atom stereocenters. The summed E-state index contributed by atoms with van der Waals surface area (Å²) >= 11 is 0. The first-order chi connectivity index (χ1) is 17.8. The summed E-state index contributed by atoms with van der Waals surface area (Å²) in [6.07, 6.45) is 4.38. The molecular formula is C27H30N8O2. The van der Waals surface area contributed by atoms with Gasteiger partial charge < -0.3 is 20.6 Å². The minimum Gasteiger partial charge on any atom is -0.384 e. The molecule has 10 nitrogen and oxygen atoms in total. The van der Waals surface area contributed by atoms with Crippen molar-refractivity contribution in [3.05, 3.63) is 77.4 Å². The molecule has 0 aliphatic carbocycles. The molecule has 2 atom stereocenters. The van der Waals surface area contributed by atoms with Gasteiger partial charge >= 0.3 is 0 Å². The van der Waals surface area contributed by atoms with Gasteiger partial charge in [0.05, 0.1) is 12.2 Å². The lowest BCUT2D eigenvalue weighted by molar-refractivity contribution is 0.0738. The monoisotopic (exact) mass is 498 g/mol. The van der Waals surface area contributed by atoms with Crippen LogP contribution >= 0.6 is 0 Å². The van der Waals surface area contributed by atoms with E-state index in [4.69, 9.17) is 4.98 Å². The summed E-state index contributed by atoms with van der Waals surface area (Å²) in [4.78, 5) is 29.4. The molecule has 37 heavy (non-hydrogen) atoms. The Kier molecular flexibility index (Phi) is 5.58. The van der Waals surface area contributed by atoms with Crippen LogP contribution in [0.4, 0.5) is 17.3 Å². The summed E-state index contributed by atoms with van der Waals surface area (Å²) in [6, 6.07) is 14.8. The Morgan fingerprint density at radius 2 is 2.03 bits per heavy atom. The number of piperazine rings is 1. The zero-order chi connectivity index (χ0) is 25.7. The second-order valence-corrected chi connectivity index (χ2v) is 10.2. The SMILES string of the molecule is C=CCn1c(=O)c2cnc(Nc3ccc(N4C[C@@H]5C[C@H]4CN5)cc3)nc2n1-c1cccc(C(C)(C)O)n1. The molecule has 3 N–H and O–H groups in total. The normalized spacial score (nSPS) is 19.1. The first kappa shape index (κ1) is 23.4.